The Balaban J connectivity index is 1.65. The van der Waals surface area contributed by atoms with Crippen LogP contribution in [0.3, 0.4) is 0 Å². The van der Waals surface area contributed by atoms with Gasteiger partial charge in [-0.3, -0.25) is 28.5 Å². The molecule has 1 aromatic carbocycles. The summed E-state index contributed by atoms with van der Waals surface area (Å²) in [7, 11) is 3.39. The van der Waals surface area contributed by atoms with Crippen molar-refractivity contribution in [1.82, 2.24) is 13.9 Å². The van der Waals surface area contributed by atoms with Gasteiger partial charge in [0.05, 0.1) is 28.5 Å². The quantitative estimate of drug-likeness (QED) is 0.337. The zero-order valence-electron chi connectivity index (χ0n) is 23.7. The first kappa shape index (κ1) is 28.6. The van der Waals surface area contributed by atoms with Crippen LogP contribution >= 0.6 is 24.0 Å². The molecular formula is C29H30N6O4S2. The van der Waals surface area contributed by atoms with Gasteiger partial charge >= 0.3 is 0 Å². The second-order valence-electron chi connectivity index (χ2n) is 10.3. The number of carbonyl (C=O) groups is 1. The molecule has 2 aliphatic heterocycles. The van der Waals surface area contributed by atoms with Crippen molar-refractivity contribution in [3.63, 3.8) is 0 Å². The fraction of sp³-hybridized carbons (Fsp3) is 0.345. The SMILES string of the molecule is Cc1c(/C=C2/SC(=S)N(c3c(C)n(C)n(-c4ccccc4)c3=O)C2=O)c(N2CC(C)OC(C)C2)n(C)c(=O)c1C#N. The molecular weight excluding hydrogens is 560 g/mol. The molecule has 0 N–H and O–H groups in total. The number of pyridine rings is 1. The lowest BCUT2D eigenvalue weighted by molar-refractivity contribution is -0.113. The predicted molar refractivity (Wildman–Crippen MR) is 165 cm³/mol. The lowest BCUT2D eigenvalue weighted by Gasteiger charge is -2.38. The van der Waals surface area contributed by atoms with E-state index in [9.17, 15) is 19.6 Å². The van der Waals surface area contributed by atoms with E-state index in [1.54, 1.807) is 38.7 Å². The van der Waals surface area contributed by atoms with Crippen LogP contribution in [0.2, 0.25) is 0 Å². The Hall–Kier alpha value is -3.92. The van der Waals surface area contributed by atoms with Crippen LogP contribution in [-0.2, 0) is 23.6 Å². The van der Waals surface area contributed by atoms with Crippen molar-refractivity contribution >= 4 is 51.8 Å². The van der Waals surface area contributed by atoms with Crippen LogP contribution in [0.25, 0.3) is 11.8 Å². The third-order valence-electron chi connectivity index (χ3n) is 7.50. The number of aromatic nitrogens is 3. The van der Waals surface area contributed by atoms with E-state index in [4.69, 9.17) is 17.0 Å². The zero-order chi connectivity index (χ0) is 29.7. The summed E-state index contributed by atoms with van der Waals surface area (Å²) in [5.74, 6) is 0.161. The number of rotatable bonds is 4. The molecule has 0 saturated carbocycles. The average molecular weight is 591 g/mol. The van der Waals surface area contributed by atoms with Crippen LogP contribution in [0.5, 0.6) is 0 Å². The Kier molecular flexibility index (Phi) is 7.54. The second-order valence-corrected chi connectivity index (χ2v) is 12.0. The third-order valence-corrected chi connectivity index (χ3v) is 8.81. The second kappa shape index (κ2) is 10.8. The molecule has 2 aliphatic rings. The number of morpholine rings is 1. The lowest BCUT2D eigenvalue weighted by atomic mass is 10.0. The van der Waals surface area contributed by atoms with E-state index in [1.165, 1.54) is 14.1 Å². The van der Waals surface area contributed by atoms with Gasteiger partial charge in [0.2, 0.25) is 0 Å². The summed E-state index contributed by atoms with van der Waals surface area (Å²) < 4.78 is 10.8. The lowest BCUT2D eigenvalue weighted by Crippen LogP contribution is -2.47. The van der Waals surface area contributed by atoms with Crippen molar-refractivity contribution in [3.05, 3.63) is 78.3 Å². The van der Waals surface area contributed by atoms with Crippen molar-refractivity contribution in [2.24, 2.45) is 14.1 Å². The number of amides is 1. The summed E-state index contributed by atoms with van der Waals surface area (Å²) in [6.45, 7) is 8.48. The predicted octanol–water partition coefficient (Wildman–Crippen LogP) is 3.38. The number of carbonyl (C=O) groups excluding carboxylic acids is 1. The summed E-state index contributed by atoms with van der Waals surface area (Å²) in [6, 6.07) is 11.2. The zero-order valence-corrected chi connectivity index (χ0v) is 25.3. The maximum absolute atomic E-state index is 13.9. The smallest absolute Gasteiger partial charge is 0.296 e. The molecule has 212 valence electrons. The van der Waals surface area contributed by atoms with Crippen LogP contribution in [0.15, 0.2) is 44.8 Å². The number of nitrogens with zero attached hydrogens (tertiary/aromatic N) is 6. The first-order valence-electron chi connectivity index (χ1n) is 13.1. The molecule has 0 bridgehead atoms. The molecule has 12 heteroatoms. The van der Waals surface area contributed by atoms with Gasteiger partial charge < -0.3 is 9.64 Å². The molecule has 2 saturated heterocycles. The van der Waals surface area contributed by atoms with Gasteiger partial charge in [0.15, 0.2) is 4.32 Å². The minimum atomic E-state index is -0.438. The standard InChI is InChI=1S/C29H30N6O4S2/c1-16-14-33(15-17(2)39-16)25-21(18(3)22(13-30)26(36)31(25)5)12-23-27(37)34(29(40)41-23)24-19(4)32(6)35(28(24)38)20-10-8-7-9-11-20/h7-12,16-17H,14-15H2,1-6H3/b23-12+. The van der Waals surface area contributed by atoms with Gasteiger partial charge in [0.25, 0.3) is 17.0 Å². The highest BCUT2D eigenvalue weighted by Crippen LogP contribution is 2.38. The van der Waals surface area contributed by atoms with Crippen molar-refractivity contribution in [1.29, 1.82) is 5.26 Å². The molecule has 41 heavy (non-hydrogen) atoms. The van der Waals surface area contributed by atoms with E-state index in [1.807, 2.05) is 50.2 Å². The van der Waals surface area contributed by atoms with Gasteiger partial charge in [-0.25, -0.2) is 4.68 Å². The molecule has 0 spiro atoms. The number of hydrogen-bond acceptors (Lipinski definition) is 8. The maximum atomic E-state index is 13.9. The maximum Gasteiger partial charge on any atom is 0.296 e. The van der Waals surface area contributed by atoms with Gasteiger partial charge in [0.1, 0.15) is 23.1 Å². The molecule has 0 radical (unpaired) electrons. The molecule has 2 unspecified atom stereocenters. The number of anilines is 2. The number of thiocarbonyl (C=S) groups is 1. The molecule has 4 heterocycles. The summed E-state index contributed by atoms with van der Waals surface area (Å²) in [5.41, 5.74) is 1.73. The Morgan fingerprint density at radius 3 is 2.29 bits per heavy atom. The average Bonchev–Trinajstić information content (AvgIpc) is 3.32. The Labute approximate surface area is 247 Å². The van der Waals surface area contributed by atoms with Crippen LogP contribution in [0.4, 0.5) is 11.5 Å². The van der Waals surface area contributed by atoms with E-state index < -0.39 is 11.5 Å². The fourth-order valence-electron chi connectivity index (χ4n) is 5.55. The number of benzene rings is 1. The monoisotopic (exact) mass is 590 g/mol. The third kappa shape index (κ3) is 4.73. The highest BCUT2D eigenvalue weighted by molar-refractivity contribution is 8.27. The van der Waals surface area contributed by atoms with E-state index in [2.05, 4.69) is 4.90 Å². The molecule has 3 aromatic rings. The summed E-state index contributed by atoms with van der Waals surface area (Å²) >= 11 is 6.72. The molecule has 5 rings (SSSR count). The largest absolute Gasteiger partial charge is 0.372 e. The molecule has 2 fully saturated rings. The highest BCUT2D eigenvalue weighted by Gasteiger charge is 2.38. The van der Waals surface area contributed by atoms with Gasteiger partial charge in [-0.2, -0.15) is 5.26 Å². The van der Waals surface area contributed by atoms with Crippen molar-refractivity contribution < 1.29 is 9.53 Å². The normalized spacial score (nSPS) is 20.3. The van der Waals surface area contributed by atoms with Gasteiger partial charge in [-0.15, -0.1) is 0 Å². The number of thioether (sulfide) groups is 1. The number of ether oxygens (including phenoxy) is 1. The molecule has 0 aliphatic carbocycles. The molecule has 1 amide bonds. The first-order chi connectivity index (χ1) is 19.5. The number of para-hydroxylation sites is 1. The minimum absolute atomic E-state index is 0.0111. The van der Waals surface area contributed by atoms with E-state index in [-0.39, 0.29) is 33.3 Å². The Morgan fingerprint density at radius 2 is 1.68 bits per heavy atom. The van der Waals surface area contributed by atoms with Gasteiger partial charge in [0, 0.05) is 32.7 Å². The van der Waals surface area contributed by atoms with Crippen LogP contribution in [0, 0.1) is 25.2 Å². The van der Waals surface area contributed by atoms with E-state index in [0.29, 0.717) is 46.3 Å². The van der Waals surface area contributed by atoms with Gasteiger partial charge in [-0.1, -0.05) is 42.2 Å². The van der Waals surface area contributed by atoms with E-state index >= 15 is 0 Å². The van der Waals surface area contributed by atoms with Crippen LogP contribution < -0.4 is 20.9 Å². The number of hydrogen-bond donors (Lipinski definition) is 0. The summed E-state index contributed by atoms with van der Waals surface area (Å²) in [4.78, 5) is 44.4. The van der Waals surface area contributed by atoms with E-state index in [0.717, 1.165) is 11.8 Å². The molecule has 2 aromatic heterocycles. The Morgan fingerprint density at radius 1 is 1.05 bits per heavy atom. The summed E-state index contributed by atoms with van der Waals surface area (Å²) in [6.07, 6.45) is 1.52. The first-order valence-corrected chi connectivity index (χ1v) is 14.3. The summed E-state index contributed by atoms with van der Waals surface area (Å²) in [5, 5.41) is 9.80. The Bertz CT molecular complexity index is 1770. The van der Waals surface area contributed by atoms with Crippen molar-refractivity contribution in [3.8, 4) is 11.8 Å². The highest BCUT2D eigenvalue weighted by atomic mass is 32.2. The topological polar surface area (TPSA) is 106 Å². The number of nitriles is 1. The van der Waals surface area contributed by atoms with Crippen LogP contribution in [-0.4, -0.2) is 49.5 Å². The molecule has 10 nitrogen and oxygen atoms in total. The van der Waals surface area contributed by atoms with Crippen LogP contribution in [0.1, 0.15) is 36.2 Å². The van der Waals surface area contributed by atoms with Gasteiger partial charge in [-0.05, 0) is 51.5 Å². The van der Waals surface area contributed by atoms with Crippen molar-refractivity contribution in [2.45, 2.75) is 39.9 Å². The fourth-order valence-corrected chi connectivity index (χ4v) is 6.80. The van der Waals surface area contributed by atoms with Crippen molar-refractivity contribution in [2.75, 3.05) is 22.9 Å². The molecule has 2 atom stereocenters. The minimum Gasteiger partial charge on any atom is -0.372 e.